The zero-order chi connectivity index (χ0) is 12.8. The Morgan fingerprint density at radius 3 is 2.83 bits per heavy atom. The molecule has 0 saturated carbocycles. The molecule has 1 atom stereocenters. The van der Waals surface area contributed by atoms with Crippen LogP contribution in [0.3, 0.4) is 0 Å². The molecule has 0 amide bonds. The van der Waals surface area contributed by atoms with Gasteiger partial charge >= 0.3 is 0 Å². The molecule has 0 aromatic heterocycles. The molecule has 1 aromatic carbocycles. The van der Waals surface area contributed by atoms with Crippen LogP contribution < -0.4 is 4.74 Å². The molecule has 0 aliphatic carbocycles. The van der Waals surface area contributed by atoms with Gasteiger partial charge in [-0.15, -0.1) is 0 Å². The molecule has 0 radical (unpaired) electrons. The third kappa shape index (κ3) is 3.75. The van der Waals surface area contributed by atoms with Gasteiger partial charge in [-0.05, 0) is 37.1 Å². The molecule has 0 spiro atoms. The number of benzene rings is 1. The van der Waals surface area contributed by atoms with Crippen molar-refractivity contribution in [3.8, 4) is 5.75 Å². The number of rotatable bonds is 6. The normalized spacial score (nSPS) is 18.8. The summed E-state index contributed by atoms with van der Waals surface area (Å²) in [7, 11) is 1.62. The number of methoxy groups -OCH3 is 1. The number of hydrogen-bond acceptors (Lipinski definition) is 4. The Hall–Kier alpha value is -1.00. The summed E-state index contributed by atoms with van der Waals surface area (Å²) < 4.78 is 10.6. The largest absolute Gasteiger partial charge is 0.497 e. The Morgan fingerprint density at radius 2 is 2.22 bits per heavy atom. The van der Waals surface area contributed by atoms with Gasteiger partial charge in [-0.3, -0.25) is 4.79 Å². The molecule has 1 aliphatic heterocycles. The van der Waals surface area contributed by atoms with Gasteiger partial charge in [-0.2, -0.15) is 11.8 Å². The lowest BCUT2D eigenvalue weighted by Gasteiger charge is -2.08. The summed E-state index contributed by atoms with van der Waals surface area (Å²) >= 11 is 1.66. The van der Waals surface area contributed by atoms with Gasteiger partial charge in [0.05, 0.1) is 19.0 Å². The van der Waals surface area contributed by atoms with Crippen LogP contribution in [0.1, 0.15) is 23.2 Å². The first kappa shape index (κ1) is 13.4. The molecule has 1 saturated heterocycles. The van der Waals surface area contributed by atoms with Gasteiger partial charge in [-0.1, -0.05) is 0 Å². The number of carbonyl (C=O) groups is 1. The van der Waals surface area contributed by atoms with Gasteiger partial charge in [0, 0.05) is 17.9 Å². The van der Waals surface area contributed by atoms with Gasteiger partial charge in [-0.25, -0.2) is 0 Å². The molecule has 1 fully saturated rings. The Kier molecular flexibility index (Phi) is 5.08. The molecule has 98 valence electrons. The van der Waals surface area contributed by atoms with Crippen LogP contribution in [0.4, 0.5) is 0 Å². The van der Waals surface area contributed by atoms with E-state index in [2.05, 4.69) is 0 Å². The molecular weight excluding hydrogens is 248 g/mol. The van der Waals surface area contributed by atoms with E-state index >= 15 is 0 Å². The molecule has 0 bridgehead atoms. The fraction of sp³-hybridized carbons (Fsp3) is 0.500. The van der Waals surface area contributed by atoms with Crippen molar-refractivity contribution in [2.24, 2.45) is 0 Å². The minimum absolute atomic E-state index is 0.167. The molecule has 1 heterocycles. The average Bonchev–Trinajstić information content (AvgIpc) is 2.92. The molecule has 2 rings (SSSR count). The number of carbonyl (C=O) groups excluding carboxylic acids is 1. The van der Waals surface area contributed by atoms with Gasteiger partial charge in [0.2, 0.25) is 0 Å². The summed E-state index contributed by atoms with van der Waals surface area (Å²) in [6.45, 7) is 0.873. The van der Waals surface area contributed by atoms with Crippen molar-refractivity contribution in [2.45, 2.75) is 18.9 Å². The van der Waals surface area contributed by atoms with Crippen molar-refractivity contribution in [1.29, 1.82) is 0 Å². The summed E-state index contributed by atoms with van der Waals surface area (Å²) in [5, 5.41) is 0. The van der Waals surface area contributed by atoms with E-state index in [4.69, 9.17) is 9.47 Å². The minimum atomic E-state index is 0.167. The number of hydrogen-bond donors (Lipinski definition) is 0. The number of thioether (sulfide) groups is 1. The van der Waals surface area contributed by atoms with Crippen LogP contribution >= 0.6 is 11.8 Å². The van der Waals surface area contributed by atoms with E-state index in [1.54, 1.807) is 18.9 Å². The van der Waals surface area contributed by atoms with Crippen LogP contribution in [0.15, 0.2) is 24.3 Å². The SMILES string of the molecule is COc1ccc(C(=O)CSCC2CCCO2)cc1. The van der Waals surface area contributed by atoms with Gasteiger partial charge in [0.15, 0.2) is 5.78 Å². The Bertz CT molecular complexity index is 383. The highest BCUT2D eigenvalue weighted by Gasteiger charge is 2.16. The average molecular weight is 266 g/mol. The first-order valence-corrected chi connectivity index (χ1v) is 7.31. The van der Waals surface area contributed by atoms with E-state index in [9.17, 15) is 4.79 Å². The lowest BCUT2D eigenvalue weighted by molar-refractivity contribution is 0.102. The van der Waals surface area contributed by atoms with Gasteiger partial charge < -0.3 is 9.47 Å². The Labute approximate surface area is 112 Å². The molecule has 4 heteroatoms. The van der Waals surface area contributed by atoms with Gasteiger partial charge in [0.25, 0.3) is 0 Å². The first-order valence-electron chi connectivity index (χ1n) is 6.16. The van der Waals surface area contributed by atoms with Crippen molar-refractivity contribution in [3.63, 3.8) is 0 Å². The summed E-state index contributed by atoms with van der Waals surface area (Å²) in [6.07, 6.45) is 2.63. The molecule has 3 nitrogen and oxygen atoms in total. The highest BCUT2D eigenvalue weighted by Crippen LogP contribution is 2.18. The van der Waals surface area contributed by atoms with Crippen LogP contribution in [0, 0.1) is 0 Å². The van der Waals surface area contributed by atoms with E-state index in [-0.39, 0.29) is 5.78 Å². The van der Waals surface area contributed by atoms with Crippen LogP contribution in [0.5, 0.6) is 5.75 Å². The smallest absolute Gasteiger partial charge is 0.172 e. The maximum Gasteiger partial charge on any atom is 0.172 e. The second-order valence-corrected chi connectivity index (χ2v) is 5.33. The zero-order valence-electron chi connectivity index (χ0n) is 10.6. The Balaban J connectivity index is 1.76. The predicted molar refractivity (Wildman–Crippen MR) is 73.6 cm³/mol. The van der Waals surface area contributed by atoms with Crippen molar-refractivity contribution in [3.05, 3.63) is 29.8 Å². The third-order valence-electron chi connectivity index (χ3n) is 2.97. The summed E-state index contributed by atoms with van der Waals surface area (Å²) in [6, 6.07) is 7.26. The lowest BCUT2D eigenvalue weighted by Crippen LogP contribution is -2.11. The van der Waals surface area contributed by atoms with E-state index < -0.39 is 0 Å². The van der Waals surface area contributed by atoms with E-state index in [1.807, 2.05) is 24.3 Å². The zero-order valence-corrected chi connectivity index (χ0v) is 11.4. The van der Waals surface area contributed by atoms with Crippen LogP contribution in [0.25, 0.3) is 0 Å². The minimum Gasteiger partial charge on any atom is -0.497 e. The van der Waals surface area contributed by atoms with Crippen LogP contribution in [0.2, 0.25) is 0 Å². The lowest BCUT2D eigenvalue weighted by atomic mass is 10.1. The highest BCUT2D eigenvalue weighted by molar-refractivity contribution is 8.00. The molecule has 1 unspecified atom stereocenters. The molecule has 0 N–H and O–H groups in total. The standard InChI is InChI=1S/C14H18O3S/c1-16-12-6-4-11(5-7-12)14(15)10-18-9-13-3-2-8-17-13/h4-7,13H,2-3,8-10H2,1H3. The van der Waals surface area contributed by atoms with Gasteiger partial charge in [0.1, 0.15) is 5.75 Å². The Morgan fingerprint density at radius 1 is 1.44 bits per heavy atom. The maximum absolute atomic E-state index is 11.9. The highest BCUT2D eigenvalue weighted by atomic mass is 32.2. The monoisotopic (exact) mass is 266 g/mol. The number of ketones is 1. The van der Waals surface area contributed by atoms with Crippen molar-refractivity contribution < 1.29 is 14.3 Å². The third-order valence-corrected chi connectivity index (χ3v) is 4.05. The fourth-order valence-electron chi connectivity index (χ4n) is 1.92. The summed E-state index contributed by atoms with van der Waals surface area (Å²) in [5.74, 6) is 2.38. The number of ether oxygens (including phenoxy) is 2. The maximum atomic E-state index is 11.9. The molecule has 1 aliphatic rings. The fourth-order valence-corrected chi connectivity index (χ4v) is 2.91. The molecule has 1 aromatic rings. The molecular formula is C14H18O3S. The number of Topliss-reactive ketones (excluding diaryl/α,β-unsaturated/α-hetero) is 1. The van der Waals surface area contributed by atoms with Crippen molar-refractivity contribution >= 4 is 17.5 Å². The van der Waals surface area contributed by atoms with Crippen LogP contribution in [-0.2, 0) is 4.74 Å². The van der Waals surface area contributed by atoms with E-state index in [1.165, 1.54) is 0 Å². The van der Waals surface area contributed by atoms with Crippen molar-refractivity contribution in [2.75, 3.05) is 25.2 Å². The summed E-state index contributed by atoms with van der Waals surface area (Å²) in [5.41, 5.74) is 0.746. The van der Waals surface area contributed by atoms with Crippen molar-refractivity contribution in [1.82, 2.24) is 0 Å². The van der Waals surface area contributed by atoms with E-state index in [0.717, 1.165) is 36.5 Å². The van der Waals surface area contributed by atoms with Crippen LogP contribution in [-0.4, -0.2) is 37.1 Å². The topological polar surface area (TPSA) is 35.5 Å². The quantitative estimate of drug-likeness (QED) is 0.742. The second kappa shape index (κ2) is 6.81. The van der Waals surface area contributed by atoms with E-state index in [0.29, 0.717) is 11.9 Å². The first-order chi connectivity index (χ1) is 8.79. The summed E-state index contributed by atoms with van der Waals surface area (Å²) in [4.78, 5) is 11.9. The molecule has 18 heavy (non-hydrogen) atoms. The predicted octanol–water partition coefficient (Wildman–Crippen LogP) is 2.79. The second-order valence-electron chi connectivity index (χ2n) is 4.30.